The number of hydrogen-bond donors (Lipinski definition) is 1. The molecule has 7 nitrogen and oxygen atoms in total. The van der Waals surface area contributed by atoms with Crippen molar-refractivity contribution in [3.05, 3.63) is 81.6 Å². The molecule has 0 spiro atoms. The van der Waals surface area contributed by atoms with Gasteiger partial charge >= 0.3 is 6.18 Å². The fourth-order valence-corrected chi connectivity index (χ4v) is 3.91. The Hall–Kier alpha value is -3.18. The summed E-state index contributed by atoms with van der Waals surface area (Å²) in [7, 11) is -4.05. The van der Waals surface area contributed by atoms with E-state index in [1.165, 1.54) is 24.3 Å². The largest absolute Gasteiger partial charge is 0.416 e. The number of aromatic nitrogens is 2. The second-order valence-electron chi connectivity index (χ2n) is 6.22. The van der Waals surface area contributed by atoms with Crippen LogP contribution < -0.4 is 10.9 Å². The molecule has 1 amide bonds. The molecule has 0 aliphatic rings. The Morgan fingerprint density at radius 3 is 2.39 bits per heavy atom. The normalized spacial score (nSPS) is 11.9. The number of hydrogen-bond acceptors (Lipinski definition) is 5. The van der Waals surface area contributed by atoms with Gasteiger partial charge in [0.2, 0.25) is 15.7 Å². The maximum absolute atomic E-state index is 12.9. The Morgan fingerprint density at radius 2 is 1.74 bits per heavy atom. The summed E-state index contributed by atoms with van der Waals surface area (Å²) < 4.78 is 64.5. The third-order valence-corrected chi connectivity index (χ3v) is 6.02. The van der Waals surface area contributed by atoms with Crippen LogP contribution in [0, 0.1) is 0 Å². The molecular formula is C19H13ClF3N3O4S. The van der Waals surface area contributed by atoms with Gasteiger partial charge in [0.05, 0.1) is 21.2 Å². The number of nitrogens with one attached hydrogen (secondary N) is 1. The number of carbonyl (C=O) groups is 1. The van der Waals surface area contributed by atoms with Gasteiger partial charge in [0.25, 0.3) is 5.56 Å². The van der Waals surface area contributed by atoms with Crippen molar-refractivity contribution in [1.82, 2.24) is 9.78 Å². The summed E-state index contributed by atoms with van der Waals surface area (Å²) in [6.07, 6.45) is -4.65. The van der Waals surface area contributed by atoms with E-state index in [2.05, 4.69) is 10.4 Å². The fourth-order valence-electron chi connectivity index (χ4n) is 2.53. The van der Waals surface area contributed by atoms with E-state index in [0.717, 1.165) is 24.3 Å². The molecule has 12 heteroatoms. The van der Waals surface area contributed by atoms with Crippen LogP contribution in [-0.2, 0) is 27.4 Å². The van der Waals surface area contributed by atoms with E-state index < -0.39 is 44.6 Å². The van der Waals surface area contributed by atoms with Gasteiger partial charge in [-0.25, -0.2) is 13.1 Å². The predicted molar refractivity (Wildman–Crippen MR) is 105 cm³/mol. The van der Waals surface area contributed by atoms with E-state index in [1.54, 1.807) is 6.07 Å². The van der Waals surface area contributed by atoms with Gasteiger partial charge in [0.1, 0.15) is 6.54 Å². The molecular weight excluding hydrogens is 459 g/mol. The van der Waals surface area contributed by atoms with Gasteiger partial charge in [-0.3, -0.25) is 9.59 Å². The van der Waals surface area contributed by atoms with Crippen LogP contribution in [0.1, 0.15) is 5.56 Å². The van der Waals surface area contributed by atoms with Crippen LogP contribution in [-0.4, -0.2) is 24.1 Å². The lowest BCUT2D eigenvalue weighted by Crippen LogP contribution is -2.30. The Balaban J connectivity index is 1.86. The van der Waals surface area contributed by atoms with E-state index >= 15 is 0 Å². The van der Waals surface area contributed by atoms with Crippen molar-refractivity contribution in [3.8, 4) is 0 Å². The minimum absolute atomic E-state index is 0.0621. The van der Waals surface area contributed by atoms with E-state index in [9.17, 15) is 31.2 Å². The highest BCUT2D eigenvalue weighted by atomic mass is 35.5. The molecule has 0 unspecified atom stereocenters. The summed E-state index contributed by atoms with van der Waals surface area (Å²) in [4.78, 5) is 24.2. The van der Waals surface area contributed by atoms with Gasteiger partial charge in [-0.15, -0.1) is 0 Å². The lowest BCUT2D eigenvalue weighted by Gasteiger charge is -2.12. The number of rotatable bonds is 5. The molecule has 0 saturated carbocycles. The quantitative estimate of drug-likeness (QED) is 0.615. The van der Waals surface area contributed by atoms with Gasteiger partial charge in [0, 0.05) is 6.07 Å². The monoisotopic (exact) mass is 471 g/mol. The zero-order chi connectivity index (χ0) is 22.8. The molecule has 0 bridgehead atoms. The maximum Gasteiger partial charge on any atom is 0.416 e. The van der Waals surface area contributed by atoms with Crippen LogP contribution in [0.25, 0.3) is 0 Å². The third-order valence-electron chi connectivity index (χ3n) is 4.03. The Morgan fingerprint density at radius 1 is 1.06 bits per heavy atom. The third kappa shape index (κ3) is 5.12. The first kappa shape index (κ1) is 22.5. The SMILES string of the molecule is O=C(Cn1nc(S(=O)(=O)c2ccccc2)ccc1=O)Nc1cc(C(F)(F)F)ccc1Cl. The maximum atomic E-state index is 12.9. The van der Waals surface area contributed by atoms with E-state index in [1.807, 2.05) is 0 Å². The average Bonchev–Trinajstić information content (AvgIpc) is 2.71. The predicted octanol–water partition coefficient (Wildman–Crippen LogP) is 3.39. The highest BCUT2D eigenvalue weighted by Gasteiger charge is 2.31. The fraction of sp³-hybridized carbons (Fsp3) is 0.105. The number of carbonyl (C=O) groups excluding carboxylic acids is 1. The number of alkyl halides is 3. The van der Waals surface area contributed by atoms with Crippen LogP contribution in [0.2, 0.25) is 5.02 Å². The number of halogens is 4. The van der Waals surface area contributed by atoms with Crippen LogP contribution in [0.3, 0.4) is 0 Å². The molecule has 3 aromatic rings. The molecule has 0 saturated heterocycles. The van der Waals surface area contributed by atoms with Crippen LogP contribution in [0.15, 0.2) is 75.4 Å². The van der Waals surface area contributed by atoms with Crippen molar-refractivity contribution in [1.29, 1.82) is 0 Å². The second-order valence-corrected chi connectivity index (χ2v) is 8.53. The molecule has 0 fully saturated rings. The molecule has 1 aromatic heterocycles. The Labute approximate surface area is 179 Å². The number of nitrogens with zero attached hydrogens (tertiary/aromatic N) is 2. The lowest BCUT2D eigenvalue weighted by atomic mass is 10.2. The molecule has 3 rings (SSSR count). The molecule has 1 heterocycles. The van der Waals surface area contributed by atoms with E-state index in [0.29, 0.717) is 10.7 Å². The number of benzene rings is 2. The summed E-state index contributed by atoms with van der Waals surface area (Å²) >= 11 is 5.83. The Bertz CT molecular complexity index is 1290. The molecule has 31 heavy (non-hydrogen) atoms. The second kappa shape index (κ2) is 8.52. The first-order valence-electron chi connectivity index (χ1n) is 8.53. The highest BCUT2D eigenvalue weighted by molar-refractivity contribution is 7.91. The zero-order valence-electron chi connectivity index (χ0n) is 15.4. The lowest BCUT2D eigenvalue weighted by molar-refractivity contribution is -0.137. The van der Waals surface area contributed by atoms with E-state index in [-0.39, 0.29) is 15.6 Å². The molecule has 0 aliphatic heterocycles. The van der Waals surface area contributed by atoms with Crippen LogP contribution in [0.5, 0.6) is 0 Å². The standard InChI is InChI=1S/C19H13ClF3N3O4S/c20-14-7-6-12(19(21,22)23)10-15(14)24-16(27)11-26-18(28)9-8-17(25-26)31(29,30)13-4-2-1-3-5-13/h1-10H,11H2,(H,24,27). The first-order valence-corrected chi connectivity index (χ1v) is 10.4. The van der Waals surface area contributed by atoms with Gasteiger partial charge in [0.15, 0.2) is 5.03 Å². The van der Waals surface area contributed by atoms with E-state index in [4.69, 9.17) is 11.6 Å². The highest BCUT2D eigenvalue weighted by Crippen LogP contribution is 2.33. The summed E-state index contributed by atoms with van der Waals surface area (Å²) in [5, 5.41) is 5.27. The first-order chi connectivity index (χ1) is 14.5. The topological polar surface area (TPSA) is 98.1 Å². The van der Waals surface area contributed by atoms with Crippen molar-refractivity contribution < 1.29 is 26.4 Å². The van der Waals surface area contributed by atoms with Gasteiger partial charge in [-0.05, 0) is 36.4 Å². The minimum atomic E-state index is -4.65. The summed E-state index contributed by atoms with van der Waals surface area (Å²) in [5.74, 6) is -0.926. The summed E-state index contributed by atoms with van der Waals surface area (Å²) in [6, 6.07) is 11.6. The van der Waals surface area contributed by atoms with Gasteiger partial charge in [-0.2, -0.15) is 18.3 Å². The molecule has 1 N–H and O–H groups in total. The van der Waals surface area contributed by atoms with Crippen molar-refractivity contribution in [3.63, 3.8) is 0 Å². The summed E-state index contributed by atoms with van der Waals surface area (Å²) in [6.45, 7) is -0.746. The zero-order valence-corrected chi connectivity index (χ0v) is 17.0. The van der Waals surface area contributed by atoms with Gasteiger partial charge in [-0.1, -0.05) is 29.8 Å². The number of sulfone groups is 1. The summed E-state index contributed by atoms with van der Waals surface area (Å²) in [5.41, 5.74) is -2.13. The van der Waals surface area contributed by atoms with Crippen molar-refractivity contribution >= 4 is 33.0 Å². The molecule has 0 radical (unpaired) electrons. The number of amides is 1. The average molecular weight is 472 g/mol. The molecule has 2 aromatic carbocycles. The smallest absolute Gasteiger partial charge is 0.323 e. The molecule has 0 atom stereocenters. The van der Waals surface area contributed by atoms with Gasteiger partial charge < -0.3 is 5.32 Å². The van der Waals surface area contributed by atoms with Crippen molar-refractivity contribution in [2.75, 3.05) is 5.32 Å². The Kier molecular flexibility index (Phi) is 6.18. The molecule has 162 valence electrons. The minimum Gasteiger partial charge on any atom is -0.323 e. The molecule has 0 aliphatic carbocycles. The van der Waals surface area contributed by atoms with Crippen molar-refractivity contribution in [2.45, 2.75) is 22.6 Å². The number of anilines is 1. The van der Waals surface area contributed by atoms with Crippen LogP contribution in [0.4, 0.5) is 18.9 Å². The van der Waals surface area contributed by atoms with Crippen molar-refractivity contribution in [2.24, 2.45) is 0 Å². The van der Waals surface area contributed by atoms with Crippen LogP contribution >= 0.6 is 11.6 Å².